The van der Waals surface area contributed by atoms with Gasteiger partial charge in [0.15, 0.2) is 0 Å². The number of carbonyl (C=O) groups excluding carboxylic acids is 1. The summed E-state index contributed by atoms with van der Waals surface area (Å²) < 4.78 is 13.0. The largest absolute Gasteiger partial charge is 0.337 e. The fourth-order valence-electron chi connectivity index (χ4n) is 2.50. The molecule has 18 heavy (non-hydrogen) atoms. The minimum absolute atomic E-state index is 0.186. The monoisotopic (exact) mass is 250 g/mol. The van der Waals surface area contributed by atoms with Gasteiger partial charge in [-0.25, -0.2) is 4.98 Å². The molecule has 0 atom stereocenters. The van der Waals surface area contributed by atoms with Crippen molar-refractivity contribution in [3.05, 3.63) is 29.8 Å². The Hall–Kier alpha value is -1.45. The third kappa shape index (κ3) is 2.86. The van der Waals surface area contributed by atoms with Gasteiger partial charge in [0, 0.05) is 13.1 Å². The maximum Gasteiger partial charge on any atom is 0.272 e. The van der Waals surface area contributed by atoms with E-state index in [2.05, 4.69) is 11.9 Å². The first-order chi connectivity index (χ1) is 8.58. The molecule has 1 aromatic rings. The van der Waals surface area contributed by atoms with Crippen LogP contribution in [0.2, 0.25) is 0 Å². The van der Waals surface area contributed by atoms with Crippen LogP contribution in [0.3, 0.4) is 0 Å². The average Bonchev–Trinajstić information content (AvgIpc) is 2.38. The highest BCUT2D eigenvalue weighted by atomic mass is 19.1. The second-order valence-electron chi connectivity index (χ2n) is 5.18. The highest BCUT2D eigenvalue weighted by Gasteiger charge is 2.26. The third-order valence-corrected chi connectivity index (χ3v) is 3.79. The molecular weight excluding hydrogens is 231 g/mol. The van der Waals surface area contributed by atoms with Gasteiger partial charge < -0.3 is 4.90 Å². The predicted molar refractivity (Wildman–Crippen MR) is 67.7 cm³/mol. The Morgan fingerprint density at radius 2 is 2.00 bits per heavy atom. The summed E-state index contributed by atoms with van der Waals surface area (Å²) in [6, 6.07) is 4.59. The maximum atomic E-state index is 13.0. The molecule has 0 aliphatic heterocycles. The van der Waals surface area contributed by atoms with E-state index in [1.54, 1.807) is 18.0 Å². The molecule has 4 heteroatoms. The molecule has 0 bridgehead atoms. The van der Waals surface area contributed by atoms with E-state index >= 15 is 0 Å². The Kier molecular flexibility index (Phi) is 3.94. The van der Waals surface area contributed by atoms with E-state index in [1.807, 2.05) is 0 Å². The van der Waals surface area contributed by atoms with Crippen LogP contribution in [0.4, 0.5) is 4.39 Å². The third-order valence-electron chi connectivity index (χ3n) is 3.79. The number of nitrogens with zero attached hydrogens (tertiary/aromatic N) is 2. The summed E-state index contributed by atoms with van der Waals surface area (Å²) in [6.07, 6.45) is 4.36. The first kappa shape index (κ1) is 13.0. The van der Waals surface area contributed by atoms with E-state index in [9.17, 15) is 9.18 Å². The van der Waals surface area contributed by atoms with E-state index in [1.165, 1.54) is 12.1 Å². The Bertz CT molecular complexity index is 428. The van der Waals surface area contributed by atoms with Crippen molar-refractivity contribution in [1.29, 1.82) is 0 Å². The van der Waals surface area contributed by atoms with Gasteiger partial charge in [-0.2, -0.15) is 4.39 Å². The maximum absolute atomic E-state index is 13.0. The van der Waals surface area contributed by atoms with Crippen molar-refractivity contribution >= 4 is 5.91 Å². The molecule has 0 saturated heterocycles. The van der Waals surface area contributed by atoms with Crippen LogP contribution in [-0.2, 0) is 0 Å². The van der Waals surface area contributed by atoms with Crippen LogP contribution in [0, 0.1) is 11.9 Å². The van der Waals surface area contributed by atoms with Crippen LogP contribution < -0.4 is 0 Å². The first-order valence-corrected chi connectivity index (χ1v) is 6.47. The fraction of sp³-hybridized carbons (Fsp3) is 0.571. The van der Waals surface area contributed by atoms with Gasteiger partial charge in [0.2, 0.25) is 5.95 Å². The molecule has 3 nitrogen and oxygen atoms in total. The molecular formula is C14H19FN2O. The molecule has 1 heterocycles. The smallest absolute Gasteiger partial charge is 0.272 e. The van der Waals surface area contributed by atoms with Crippen LogP contribution in [0.5, 0.6) is 0 Å². The van der Waals surface area contributed by atoms with Gasteiger partial charge in [-0.3, -0.25) is 4.79 Å². The van der Waals surface area contributed by atoms with Crippen molar-refractivity contribution in [3.63, 3.8) is 0 Å². The second-order valence-corrected chi connectivity index (χ2v) is 5.18. The van der Waals surface area contributed by atoms with Crippen LogP contribution in [-0.4, -0.2) is 28.9 Å². The van der Waals surface area contributed by atoms with Crippen LogP contribution in [0.1, 0.15) is 43.1 Å². The second kappa shape index (κ2) is 5.46. The molecule has 2 rings (SSSR count). The van der Waals surface area contributed by atoms with Gasteiger partial charge in [-0.05, 0) is 43.7 Å². The molecule has 0 radical (unpaired) electrons. The molecule has 1 aromatic heterocycles. The Morgan fingerprint density at radius 1 is 1.33 bits per heavy atom. The van der Waals surface area contributed by atoms with E-state index < -0.39 is 5.95 Å². The van der Waals surface area contributed by atoms with Gasteiger partial charge >= 0.3 is 0 Å². The van der Waals surface area contributed by atoms with Crippen molar-refractivity contribution in [2.75, 3.05) is 7.05 Å². The van der Waals surface area contributed by atoms with Crippen LogP contribution in [0.25, 0.3) is 0 Å². The Morgan fingerprint density at radius 3 is 2.61 bits per heavy atom. The molecule has 1 fully saturated rings. The number of pyridine rings is 1. The molecule has 0 unspecified atom stereocenters. The number of halogens is 1. The van der Waals surface area contributed by atoms with Crippen molar-refractivity contribution < 1.29 is 9.18 Å². The van der Waals surface area contributed by atoms with Crippen molar-refractivity contribution in [1.82, 2.24) is 9.88 Å². The van der Waals surface area contributed by atoms with Gasteiger partial charge in [0.25, 0.3) is 5.91 Å². The van der Waals surface area contributed by atoms with E-state index in [4.69, 9.17) is 0 Å². The highest BCUT2D eigenvalue weighted by molar-refractivity contribution is 5.92. The zero-order chi connectivity index (χ0) is 13.1. The molecule has 1 aliphatic rings. The minimum atomic E-state index is -0.605. The highest BCUT2D eigenvalue weighted by Crippen LogP contribution is 2.27. The zero-order valence-corrected chi connectivity index (χ0v) is 10.9. The number of aromatic nitrogens is 1. The van der Waals surface area contributed by atoms with E-state index in [0.717, 1.165) is 31.6 Å². The van der Waals surface area contributed by atoms with Crippen LogP contribution in [0.15, 0.2) is 18.2 Å². The van der Waals surface area contributed by atoms with E-state index in [0.29, 0.717) is 0 Å². The molecule has 1 amide bonds. The first-order valence-electron chi connectivity index (χ1n) is 6.47. The fourth-order valence-corrected chi connectivity index (χ4v) is 2.50. The minimum Gasteiger partial charge on any atom is -0.337 e. The Balaban J connectivity index is 2.04. The lowest BCUT2D eigenvalue weighted by Crippen LogP contribution is -2.39. The molecule has 0 N–H and O–H groups in total. The van der Waals surface area contributed by atoms with Gasteiger partial charge in [-0.15, -0.1) is 0 Å². The molecule has 1 aliphatic carbocycles. The number of hydrogen-bond donors (Lipinski definition) is 0. The summed E-state index contributed by atoms with van der Waals surface area (Å²) in [7, 11) is 1.79. The summed E-state index contributed by atoms with van der Waals surface area (Å²) in [5.41, 5.74) is 0.191. The SMILES string of the molecule is CC1CCC(N(C)C(=O)c2cccc(F)n2)CC1. The van der Waals surface area contributed by atoms with Gasteiger partial charge in [0.05, 0.1) is 0 Å². The number of rotatable bonds is 2. The zero-order valence-electron chi connectivity index (χ0n) is 10.9. The summed E-state index contributed by atoms with van der Waals surface area (Å²) in [5, 5.41) is 0. The lowest BCUT2D eigenvalue weighted by atomic mass is 9.86. The summed E-state index contributed by atoms with van der Waals surface area (Å²) >= 11 is 0. The van der Waals surface area contributed by atoms with Crippen molar-refractivity contribution in [2.24, 2.45) is 5.92 Å². The van der Waals surface area contributed by atoms with Crippen molar-refractivity contribution in [3.8, 4) is 0 Å². The number of carbonyl (C=O) groups is 1. The Labute approximate surface area is 107 Å². The normalized spacial score (nSPS) is 23.7. The molecule has 1 saturated carbocycles. The average molecular weight is 250 g/mol. The standard InChI is InChI=1S/C14H19FN2O/c1-10-6-8-11(9-7-10)17(2)14(18)12-4-3-5-13(15)16-12/h3-5,10-11H,6-9H2,1-2H3. The topological polar surface area (TPSA) is 33.2 Å². The summed E-state index contributed by atoms with van der Waals surface area (Å²) in [4.78, 5) is 17.5. The number of amides is 1. The molecule has 98 valence electrons. The summed E-state index contributed by atoms with van der Waals surface area (Å²) in [5.74, 6) is -0.0439. The molecule has 0 aromatic carbocycles. The van der Waals surface area contributed by atoms with Gasteiger partial charge in [-0.1, -0.05) is 13.0 Å². The lowest BCUT2D eigenvalue weighted by molar-refractivity contribution is 0.0672. The molecule has 0 spiro atoms. The predicted octanol–water partition coefficient (Wildman–Crippen LogP) is 2.87. The lowest BCUT2D eigenvalue weighted by Gasteiger charge is -2.33. The van der Waals surface area contributed by atoms with Crippen LogP contribution >= 0.6 is 0 Å². The van der Waals surface area contributed by atoms with E-state index in [-0.39, 0.29) is 17.6 Å². The van der Waals surface area contributed by atoms with Gasteiger partial charge in [0.1, 0.15) is 5.69 Å². The number of hydrogen-bond acceptors (Lipinski definition) is 2. The quantitative estimate of drug-likeness (QED) is 0.756. The summed E-state index contributed by atoms with van der Waals surface area (Å²) in [6.45, 7) is 2.24. The van der Waals surface area contributed by atoms with Crippen molar-refractivity contribution in [2.45, 2.75) is 38.6 Å².